The zero-order chi connectivity index (χ0) is 81.7. The number of aliphatic hydroxyl groups excluding tert-OH is 1. The molecule has 0 radical (unpaired) electrons. The van der Waals surface area contributed by atoms with Crippen LogP contribution in [-0.4, -0.2) is 177 Å². The second-order valence-corrected chi connectivity index (χ2v) is 28.3. The minimum absolute atomic E-state index is 0.0238. The molecule has 0 bridgehead atoms. The summed E-state index contributed by atoms with van der Waals surface area (Å²) in [6, 6.07) is -0.639. The van der Waals surface area contributed by atoms with Gasteiger partial charge in [0.25, 0.3) is 27.8 Å². The molecule has 16 N–H and O–H groups in total. The van der Waals surface area contributed by atoms with Gasteiger partial charge in [-0.3, -0.25) is 86.3 Å². The van der Waals surface area contributed by atoms with E-state index < -0.39 is 28.6 Å². The van der Waals surface area contributed by atoms with E-state index >= 15 is 0 Å². The van der Waals surface area contributed by atoms with Crippen LogP contribution in [0.4, 0.5) is 29.7 Å². The molecule has 10 heterocycles. The third kappa shape index (κ3) is 29.2. The average Bonchev–Trinajstić information content (AvgIpc) is 1.70. The van der Waals surface area contributed by atoms with Crippen molar-refractivity contribution in [3.05, 3.63) is 83.4 Å². The van der Waals surface area contributed by atoms with E-state index in [1.54, 1.807) is 39.0 Å². The second kappa shape index (κ2) is 41.9. The van der Waals surface area contributed by atoms with E-state index in [0.717, 1.165) is 25.7 Å². The summed E-state index contributed by atoms with van der Waals surface area (Å²) in [6.07, 6.45) is 10.6. The fourth-order valence-electron chi connectivity index (χ4n) is 8.57. The lowest BCUT2D eigenvalue weighted by atomic mass is 9.83. The number of nitrogen functional groups attached to an aromatic ring is 5. The number of aliphatic hydroxyl groups is 1. The number of anilines is 5. The van der Waals surface area contributed by atoms with E-state index in [1.165, 1.54) is 36.2 Å². The number of nitrogens with two attached hydrogens (primary N) is 5. The van der Waals surface area contributed by atoms with Crippen molar-refractivity contribution < 1.29 is 53.0 Å². The number of aromatic nitrogens is 20. The van der Waals surface area contributed by atoms with E-state index in [-0.39, 0.29) is 128 Å². The van der Waals surface area contributed by atoms with Crippen molar-refractivity contribution in [3.63, 3.8) is 0 Å². The van der Waals surface area contributed by atoms with Gasteiger partial charge in [-0.25, -0.2) is 24.9 Å². The fraction of sp³-hybridized carbons (Fsp3) is 0.582. The van der Waals surface area contributed by atoms with Gasteiger partial charge in [0.1, 0.15) is 51.4 Å². The molecule has 0 fully saturated rings. The van der Waals surface area contributed by atoms with Crippen molar-refractivity contribution in [2.75, 3.05) is 68.3 Å². The maximum absolute atomic E-state index is 12.2. The minimum Gasteiger partial charge on any atom is -0.595 e. The van der Waals surface area contributed by atoms with Gasteiger partial charge in [-0.2, -0.15) is 24.9 Å². The third-order valence-corrected chi connectivity index (χ3v) is 13.5. The van der Waals surface area contributed by atoms with Crippen LogP contribution in [0.15, 0.2) is 60.6 Å². The van der Waals surface area contributed by atoms with Crippen LogP contribution in [0.2, 0.25) is 0 Å². The number of hydrogen-bond acceptors (Lipinski definition) is 32. The van der Waals surface area contributed by atoms with E-state index in [0.29, 0.717) is 81.6 Å². The van der Waals surface area contributed by atoms with Crippen LogP contribution >= 0.6 is 0 Å². The Morgan fingerprint density at radius 2 is 0.670 bits per heavy atom. The van der Waals surface area contributed by atoms with Crippen molar-refractivity contribution in [2.24, 2.45) is 21.7 Å². The maximum Gasteiger partial charge on any atom is 0.311 e. The highest BCUT2D eigenvalue weighted by Crippen LogP contribution is 2.24. The van der Waals surface area contributed by atoms with Gasteiger partial charge in [0, 0.05) is 37.4 Å². The Morgan fingerprint density at radius 3 is 0.853 bits per heavy atom. The van der Waals surface area contributed by atoms with E-state index in [1.807, 2.05) is 104 Å². The molecule has 109 heavy (non-hydrogen) atoms. The molecule has 0 aromatic carbocycles. The minimum atomic E-state index is -0.668. The molecule has 1 atom stereocenters. The summed E-state index contributed by atoms with van der Waals surface area (Å²) in [4.78, 5) is 136. The number of nitrogens with zero attached hydrogens (tertiary/aromatic N) is 16. The molecule has 0 aliphatic carbocycles. The molecular weight excluding hydrogens is 1420 g/mol. The first kappa shape index (κ1) is 90.3. The van der Waals surface area contributed by atoms with E-state index in [9.17, 15) is 38.7 Å². The molecule has 1 unspecified atom stereocenters. The first-order chi connectivity index (χ1) is 51.1. The van der Waals surface area contributed by atoms with Gasteiger partial charge >= 0.3 is 5.97 Å². The number of imidazole rings is 5. The number of fused-ring (bicyclic) bond motifs is 5. The SMILES string of the molecule is CC(C)(C)OC(=O)C(C)(C)C.CC(C)C(N=C([O-])OC(C)(C)C)C(=O)C(C)(C)C.CCCOCn1cnc2c(=O)[nH]c(N)nc21.CCCOCn1cnc2c(=O)[nH]c(N)nc21.CCCOCn1cnc2c(=O)[nH]c(N)nc21.CCCOCn1cnc2c(=O)[nH]c(N)nc21.Nc1nc2c(ncn2COCCO)c(=O)[nH]1. The highest BCUT2D eigenvalue weighted by molar-refractivity contribution is 5.90. The Morgan fingerprint density at radius 1 is 0.431 bits per heavy atom. The van der Waals surface area contributed by atoms with Gasteiger partial charge in [0.05, 0.1) is 50.3 Å². The van der Waals surface area contributed by atoms with Crippen LogP contribution < -0.4 is 61.6 Å². The first-order valence-electron chi connectivity index (χ1n) is 34.8. The Kier molecular flexibility index (Phi) is 34.7. The van der Waals surface area contributed by atoms with Crippen molar-refractivity contribution >= 4 is 103 Å². The van der Waals surface area contributed by atoms with Crippen molar-refractivity contribution in [2.45, 2.75) is 201 Å². The number of H-pyrrole nitrogens is 5. The highest BCUT2D eigenvalue weighted by Gasteiger charge is 2.32. The predicted octanol–water partition coefficient (Wildman–Crippen LogP) is 3.54. The Labute approximate surface area is 626 Å². The number of Topliss-reactive ketones (excluding diaryl/α,β-unsaturated/α-hetero) is 1. The number of nitrogens with one attached hydrogen (secondary N) is 5. The largest absolute Gasteiger partial charge is 0.595 e. The topological polar surface area (TPSA) is 602 Å². The molecular formula is C67H107N26O16-. The zero-order valence-corrected chi connectivity index (χ0v) is 65.3. The summed E-state index contributed by atoms with van der Waals surface area (Å²) >= 11 is 0. The van der Waals surface area contributed by atoms with Gasteiger partial charge in [-0.15, -0.1) is 0 Å². The van der Waals surface area contributed by atoms with E-state index in [2.05, 4.69) is 79.8 Å². The van der Waals surface area contributed by atoms with Crippen LogP contribution in [-0.2, 0) is 76.4 Å². The molecule has 10 rings (SSSR count). The number of rotatable bonds is 23. The molecule has 10 aromatic heterocycles. The van der Waals surface area contributed by atoms with Crippen molar-refractivity contribution in [1.29, 1.82) is 0 Å². The van der Waals surface area contributed by atoms with Gasteiger partial charge in [0.2, 0.25) is 29.7 Å². The molecule has 42 heteroatoms. The van der Waals surface area contributed by atoms with Gasteiger partial charge < -0.3 is 72.0 Å². The van der Waals surface area contributed by atoms with Gasteiger partial charge in [0.15, 0.2) is 61.6 Å². The number of carbonyl (C=O) groups excluding carboxylic acids is 2. The van der Waals surface area contributed by atoms with Crippen molar-refractivity contribution in [1.82, 2.24) is 97.6 Å². The molecule has 0 amide bonds. The van der Waals surface area contributed by atoms with Crippen LogP contribution in [0.25, 0.3) is 55.8 Å². The standard InChI is InChI=1S/C14H27NO3.4C9H13N5O2.C9H18O2.C8H11N5O3/c1-9(2)10(11(16)13(3,4)5)15-12(17)18-14(6,7)8;4*1-2-3-16-5-14-4-11-6-7(14)12-9(10)13-8(6)15;1-8(2,3)7(10)11-9(4,5)6;9-8-11-6-5(7(15)12-8)10-3-13(6)4-16-2-1-14/h9-10H,1-8H3,(H,15,17);4*4H,2-3,5H2,1H3,(H3,10,12,13,15);1-6H3;3,14H,1-2,4H2,(H3,9,11,12,15)/p-1. The summed E-state index contributed by atoms with van der Waals surface area (Å²) in [6.45, 7) is 38.0. The number of hydrogen-bond donors (Lipinski definition) is 11. The van der Waals surface area contributed by atoms with Gasteiger partial charge in [-0.1, -0.05) is 83.1 Å². The summed E-state index contributed by atoms with van der Waals surface area (Å²) in [7, 11) is 0. The number of ether oxygens (including phenoxy) is 7. The number of carbonyl (C=O) groups is 2. The second-order valence-electron chi connectivity index (χ2n) is 28.3. The lowest BCUT2D eigenvalue weighted by molar-refractivity contribution is -0.261. The molecule has 0 aliphatic rings. The fourth-order valence-corrected chi connectivity index (χ4v) is 8.57. The zero-order valence-electron chi connectivity index (χ0n) is 65.3. The summed E-state index contributed by atoms with van der Waals surface area (Å²) < 4.78 is 44.9. The van der Waals surface area contributed by atoms with Crippen LogP contribution in [0.1, 0.15) is 150 Å². The van der Waals surface area contributed by atoms with Crippen LogP contribution in [0.5, 0.6) is 0 Å². The molecule has 42 nitrogen and oxygen atoms in total. The average molecular weight is 1530 g/mol. The Hall–Kier alpha value is -11.1. The van der Waals surface area contributed by atoms with Gasteiger partial charge in [-0.05, 0) is 73.1 Å². The smallest absolute Gasteiger partial charge is 0.311 e. The lowest BCUT2D eigenvalue weighted by Crippen LogP contribution is -2.39. The molecule has 0 aliphatic heterocycles. The quantitative estimate of drug-likeness (QED) is 0.0189. The molecule has 0 spiro atoms. The molecule has 0 saturated carbocycles. The summed E-state index contributed by atoms with van der Waals surface area (Å²) in [5.74, 6) is 0.132. The van der Waals surface area contributed by atoms with Crippen LogP contribution in [0.3, 0.4) is 0 Å². The predicted molar refractivity (Wildman–Crippen MR) is 407 cm³/mol. The number of aliphatic imine (C=N–C) groups is 1. The van der Waals surface area contributed by atoms with E-state index in [4.69, 9.17) is 66.9 Å². The lowest BCUT2D eigenvalue weighted by Gasteiger charge is -2.31. The number of aromatic amines is 5. The highest BCUT2D eigenvalue weighted by atomic mass is 16.6. The monoisotopic (exact) mass is 1530 g/mol. The number of esters is 1. The number of ketones is 1. The maximum atomic E-state index is 12.2. The Balaban J connectivity index is 0.000000269. The third-order valence-electron chi connectivity index (χ3n) is 13.5. The normalized spacial score (nSPS) is 12.0. The first-order valence-corrected chi connectivity index (χ1v) is 34.8. The summed E-state index contributed by atoms with van der Waals surface area (Å²) in [5, 5.41) is 20.2. The van der Waals surface area contributed by atoms with Crippen LogP contribution in [0, 0.1) is 16.7 Å². The van der Waals surface area contributed by atoms with Crippen molar-refractivity contribution in [3.8, 4) is 0 Å². The molecule has 10 aromatic rings. The molecule has 602 valence electrons. The summed E-state index contributed by atoms with van der Waals surface area (Å²) in [5.41, 5.74) is 27.1. The Bertz CT molecular complexity index is 4280. The molecule has 0 saturated heterocycles.